The molecule has 0 aliphatic heterocycles. The zero-order chi connectivity index (χ0) is 15.7. The van der Waals surface area contributed by atoms with Crippen LogP contribution in [-0.4, -0.2) is 41.6 Å². The number of hydrogen-bond acceptors (Lipinski definition) is 2. The van der Waals surface area contributed by atoms with Crippen LogP contribution in [0.1, 0.15) is 64.7 Å². The fourth-order valence-corrected chi connectivity index (χ4v) is 2.99. The van der Waals surface area contributed by atoms with Gasteiger partial charge in [-0.2, -0.15) is 0 Å². The van der Waals surface area contributed by atoms with Crippen molar-refractivity contribution in [3.8, 4) is 0 Å². The van der Waals surface area contributed by atoms with Gasteiger partial charge in [0.05, 0.1) is 0 Å². The summed E-state index contributed by atoms with van der Waals surface area (Å²) in [6, 6.07) is 0.406. The average Bonchev–Trinajstić information content (AvgIpc) is 2.45. The van der Waals surface area contributed by atoms with Gasteiger partial charge in [0, 0.05) is 26.1 Å². The third-order valence-corrected chi connectivity index (χ3v) is 4.37. The van der Waals surface area contributed by atoms with E-state index < -0.39 is 5.97 Å². The summed E-state index contributed by atoms with van der Waals surface area (Å²) < 4.78 is 0. The molecule has 0 bridgehead atoms. The third kappa shape index (κ3) is 7.34. The van der Waals surface area contributed by atoms with Crippen LogP contribution in [0.25, 0.3) is 0 Å². The molecule has 2 atom stereocenters. The number of carboxylic acid groups (broad SMARTS) is 1. The number of carbonyl (C=O) groups is 2. The molecule has 2 unspecified atom stereocenters. The van der Waals surface area contributed by atoms with Crippen LogP contribution in [-0.2, 0) is 4.79 Å². The highest BCUT2D eigenvalue weighted by Gasteiger charge is 2.24. The second-order valence-corrected chi connectivity index (χ2v) is 6.33. The first-order valence-electron chi connectivity index (χ1n) is 8.23. The Kier molecular flexibility index (Phi) is 8.16. The summed E-state index contributed by atoms with van der Waals surface area (Å²) >= 11 is 0. The molecule has 1 rings (SSSR count). The first-order chi connectivity index (χ1) is 10.0. The maximum Gasteiger partial charge on any atom is 0.317 e. The van der Waals surface area contributed by atoms with Crippen molar-refractivity contribution >= 4 is 12.0 Å². The number of hydrogen-bond donors (Lipinski definition) is 2. The smallest absolute Gasteiger partial charge is 0.317 e. The minimum Gasteiger partial charge on any atom is -0.481 e. The van der Waals surface area contributed by atoms with Crippen molar-refractivity contribution in [2.45, 2.75) is 70.8 Å². The summed E-state index contributed by atoms with van der Waals surface area (Å²) in [6.45, 7) is 2.94. The number of carbonyl (C=O) groups excluding carboxylic acids is 1. The maximum atomic E-state index is 12.1. The molecule has 0 heterocycles. The summed E-state index contributed by atoms with van der Waals surface area (Å²) in [6.07, 6.45) is 8.49. The Balaban J connectivity index is 2.08. The summed E-state index contributed by atoms with van der Waals surface area (Å²) in [7, 11) is 1.89. The van der Waals surface area contributed by atoms with Crippen LogP contribution in [0.4, 0.5) is 4.79 Å². The van der Waals surface area contributed by atoms with Gasteiger partial charge in [-0.25, -0.2) is 4.79 Å². The molecule has 21 heavy (non-hydrogen) atoms. The largest absolute Gasteiger partial charge is 0.481 e. The van der Waals surface area contributed by atoms with Gasteiger partial charge in [-0.15, -0.1) is 0 Å². The second kappa shape index (κ2) is 9.64. The molecule has 0 saturated heterocycles. The molecule has 1 aliphatic rings. The van der Waals surface area contributed by atoms with E-state index in [9.17, 15) is 9.59 Å². The van der Waals surface area contributed by atoms with Crippen LogP contribution >= 0.6 is 0 Å². The van der Waals surface area contributed by atoms with E-state index in [0.717, 1.165) is 38.5 Å². The number of nitrogens with zero attached hydrogens (tertiary/aromatic N) is 1. The highest BCUT2D eigenvalue weighted by Crippen LogP contribution is 2.26. The van der Waals surface area contributed by atoms with Gasteiger partial charge in [-0.05, 0) is 31.6 Å². The average molecular weight is 298 g/mol. The van der Waals surface area contributed by atoms with E-state index in [1.165, 1.54) is 12.8 Å². The van der Waals surface area contributed by atoms with Crippen LogP contribution in [0.5, 0.6) is 0 Å². The van der Waals surface area contributed by atoms with Crippen molar-refractivity contribution in [2.24, 2.45) is 5.92 Å². The Labute approximate surface area is 128 Å². The minimum atomic E-state index is -0.730. The molecule has 0 radical (unpaired) electrons. The molecule has 2 amide bonds. The Hall–Kier alpha value is -1.26. The topological polar surface area (TPSA) is 69.6 Å². The lowest BCUT2D eigenvalue weighted by Gasteiger charge is -2.34. The summed E-state index contributed by atoms with van der Waals surface area (Å²) in [5.74, 6) is -0.0140. The van der Waals surface area contributed by atoms with Gasteiger partial charge in [0.2, 0.25) is 0 Å². The van der Waals surface area contributed by atoms with E-state index in [1.54, 1.807) is 0 Å². The lowest BCUT2D eigenvalue weighted by Crippen LogP contribution is -2.45. The fraction of sp³-hybridized carbons (Fsp3) is 0.875. The lowest BCUT2D eigenvalue weighted by atomic mass is 9.86. The van der Waals surface area contributed by atoms with E-state index in [1.807, 2.05) is 11.9 Å². The van der Waals surface area contributed by atoms with Crippen LogP contribution in [0.3, 0.4) is 0 Å². The van der Waals surface area contributed by atoms with Gasteiger partial charge < -0.3 is 15.3 Å². The molecule has 0 aromatic rings. The molecule has 1 fully saturated rings. The third-order valence-electron chi connectivity index (χ3n) is 4.37. The van der Waals surface area contributed by atoms with E-state index in [0.29, 0.717) is 18.5 Å². The van der Waals surface area contributed by atoms with Gasteiger partial charge in [0.25, 0.3) is 0 Å². The molecule has 5 heteroatoms. The molecular weight excluding hydrogens is 268 g/mol. The number of urea groups is 1. The van der Waals surface area contributed by atoms with Gasteiger partial charge in [-0.3, -0.25) is 4.79 Å². The number of unbranched alkanes of at least 4 members (excludes halogenated alkanes) is 3. The maximum absolute atomic E-state index is 12.1. The van der Waals surface area contributed by atoms with Crippen molar-refractivity contribution in [1.82, 2.24) is 10.2 Å². The SMILES string of the molecule is CC1CCCC(N(C)C(=O)NCCCCCCC(=O)O)C1. The highest BCUT2D eigenvalue weighted by molar-refractivity contribution is 5.74. The molecule has 122 valence electrons. The van der Waals surface area contributed by atoms with E-state index >= 15 is 0 Å². The van der Waals surface area contributed by atoms with E-state index in [2.05, 4.69) is 12.2 Å². The zero-order valence-electron chi connectivity index (χ0n) is 13.4. The van der Waals surface area contributed by atoms with Crippen molar-refractivity contribution < 1.29 is 14.7 Å². The van der Waals surface area contributed by atoms with E-state index in [-0.39, 0.29) is 12.5 Å². The molecule has 0 aromatic carbocycles. The van der Waals surface area contributed by atoms with Gasteiger partial charge in [0.1, 0.15) is 0 Å². The molecule has 5 nitrogen and oxygen atoms in total. The number of nitrogens with one attached hydrogen (secondary N) is 1. The van der Waals surface area contributed by atoms with Crippen LogP contribution in [0.2, 0.25) is 0 Å². The monoisotopic (exact) mass is 298 g/mol. The number of amides is 2. The summed E-state index contributed by atoms with van der Waals surface area (Å²) in [4.78, 5) is 24.3. The minimum absolute atomic E-state index is 0.0274. The molecule has 0 spiro atoms. The van der Waals surface area contributed by atoms with Crippen LogP contribution in [0.15, 0.2) is 0 Å². The van der Waals surface area contributed by atoms with Crippen molar-refractivity contribution in [2.75, 3.05) is 13.6 Å². The number of carboxylic acids is 1. The standard InChI is InChI=1S/C16H30N2O3/c1-13-8-7-9-14(12-13)18(2)16(21)17-11-6-4-3-5-10-15(19)20/h13-14H,3-12H2,1-2H3,(H,17,21)(H,19,20). The predicted molar refractivity (Wildman–Crippen MR) is 83.3 cm³/mol. The van der Waals surface area contributed by atoms with Crippen molar-refractivity contribution in [3.63, 3.8) is 0 Å². The summed E-state index contributed by atoms with van der Waals surface area (Å²) in [5.41, 5.74) is 0. The Morgan fingerprint density at radius 2 is 1.90 bits per heavy atom. The lowest BCUT2D eigenvalue weighted by molar-refractivity contribution is -0.137. The predicted octanol–water partition coefficient (Wildman–Crippen LogP) is 3.24. The fourth-order valence-electron chi connectivity index (χ4n) is 2.99. The van der Waals surface area contributed by atoms with Gasteiger partial charge in [0.15, 0.2) is 0 Å². The Bertz CT molecular complexity index is 333. The number of rotatable bonds is 8. The second-order valence-electron chi connectivity index (χ2n) is 6.33. The molecule has 2 N–H and O–H groups in total. The summed E-state index contributed by atoms with van der Waals surface area (Å²) in [5, 5.41) is 11.5. The molecule has 0 aromatic heterocycles. The van der Waals surface area contributed by atoms with Gasteiger partial charge in [-0.1, -0.05) is 32.6 Å². The van der Waals surface area contributed by atoms with Crippen LogP contribution in [0, 0.1) is 5.92 Å². The Morgan fingerprint density at radius 1 is 1.19 bits per heavy atom. The first kappa shape index (κ1) is 17.8. The molecular formula is C16H30N2O3. The first-order valence-corrected chi connectivity index (χ1v) is 8.23. The van der Waals surface area contributed by atoms with Crippen LogP contribution < -0.4 is 5.32 Å². The van der Waals surface area contributed by atoms with Crippen molar-refractivity contribution in [1.29, 1.82) is 0 Å². The molecule has 1 aliphatic carbocycles. The van der Waals surface area contributed by atoms with Crippen molar-refractivity contribution in [3.05, 3.63) is 0 Å². The number of aliphatic carboxylic acids is 1. The molecule has 1 saturated carbocycles. The van der Waals surface area contributed by atoms with Gasteiger partial charge >= 0.3 is 12.0 Å². The van der Waals surface area contributed by atoms with E-state index in [4.69, 9.17) is 5.11 Å². The zero-order valence-corrected chi connectivity index (χ0v) is 13.4. The normalized spacial score (nSPS) is 21.8. The highest BCUT2D eigenvalue weighted by atomic mass is 16.4. The quantitative estimate of drug-likeness (QED) is 0.676. The Morgan fingerprint density at radius 3 is 2.57 bits per heavy atom.